The van der Waals surface area contributed by atoms with Crippen molar-refractivity contribution in [3.63, 3.8) is 0 Å². The van der Waals surface area contributed by atoms with Gasteiger partial charge in [0, 0.05) is 11.0 Å². The topological polar surface area (TPSA) is 97.7 Å². The van der Waals surface area contributed by atoms with E-state index in [0.29, 0.717) is 4.47 Å². The van der Waals surface area contributed by atoms with Gasteiger partial charge >= 0.3 is 0 Å². The Morgan fingerprint density at radius 2 is 1.95 bits per heavy atom. The molecule has 0 aliphatic carbocycles. The van der Waals surface area contributed by atoms with Gasteiger partial charge in [0.25, 0.3) is 0 Å². The quantitative estimate of drug-likeness (QED) is 0.780. The van der Waals surface area contributed by atoms with Crippen LogP contribution < -0.4 is 5.11 Å². The minimum absolute atomic E-state index is 0.0175. The lowest BCUT2D eigenvalue weighted by Crippen LogP contribution is -2.46. The van der Waals surface area contributed by atoms with Gasteiger partial charge in [-0.05, 0) is 30.7 Å². The van der Waals surface area contributed by atoms with Gasteiger partial charge in [-0.15, -0.1) is 0 Å². The Hall–Kier alpha value is -0.960. The molecule has 104 valence electrons. The fourth-order valence-corrected chi connectivity index (χ4v) is 3.90. The summed E-state index contributed by atoms with van der Waals surface area (Å²) >= 11 is 3.19. The van der Waals surface area contributed by atoms with Gasteiger partial charge in [0.05, 0.1) is 23.0 Å². The van der Waals surface area contributed by atoms with E-state index in [0.717, 1.165) is 4.31 Å². The summed E-state index contributed by atoms with van der Waals surface area (Å²) in [6, 6.07) is 4.51. The second-order valence-corrected chi connectivity index (χ2v) is 7.06. The highest BCUT2D eigenvalue weighted by atomic mass is 79.9. The Morgan fingerprint density at radius 3 is 2.47 bits per heavy atom. The zero-order valence-corrected chi connectivity index (χ0v) is 12.1. The number of aliphatic carboxylic acids is 1. The van der Waals surface area contributed by atoms with Crippen LogP contribution in [0.1, 0.15) is 6.42 Å². The molecule has 0 spiro atoms. The lowest BCUT2D eigenvalue weighted by atomic mass is 10.2. The monoisotopic (exact) mass is 348 g/mol. The van der Waals surface area contributed by atoms with E-state index in [2.05, 4.69) is 15.9 Å². The van der Waals surface area contributed by atoms with Gasteiger partial charge in [-0.2, -0.15) is 4.31 Å². The Labute approximate surface area is 118 Å². The van der Waals surface area contributed by atoms with Crippen molar-refractivity contribution in [2.24, 2.45) is 0 Å². The van der Waals surface area contributed by atoms with E-state index in [4.69, 9.17) is 0 Å². The summed E-state index contributed by atoms with van der Waals surface area (Å²) in [5, 5.41) is 20.4. The van der Waals surface area contributed by atoms with Crippen LogP contribution in [0.25, 0.3) is 0 Å². The number of carbonyl (C=O) groups excluding carboxylic acids is 1. The molecule has 1 aromatic carbocycles. The molecule has 19 heavy (non-hydrogen) atoms. The molecule has 1 aliphatic rings. The van der Waals surface area contributed by atoms with E-state index < -0.39 is 28.1 Å². The van der Waals surface area contributed by atoms with Crippen LogP contribution in [0.15, 0.2) is 33.6 Å². The van der Waals surface area contributed by atoms with Crippen LogP contribution in [-0.2, 0) is 14.8 Å². The molecule has 8 heteroatoms. The van der Waals surface area contributed by atoms with E-state index in [9.17, 15) is 23.4 Å². The van der Waals surface area contributed by atoms with E-state index in [1.54, 1.807) is 12.1 Å². The Morgan fingerprint density at radius 1 is 1.37 bits per heavy atom. The predicted molar refractivity (Wildman–Crippen MR) is 67.5 cm³/mol. The largest absolute Gasteiger partial charge is 0.548 e. The molecule has 2 atom stereocenters. The fourth-order valence-electron chi connectivity index (χ4n) is 2.01. The van der Waals surface area contributed by atoms with E-state index in [1.165, 1.54) is 12.1 Å². The van der Waals surface area contributed by atoms with Crippen LogP contribution in [-0.4, -0.2) is 42.5 Å². The SMILES string of the molecule is O=C([O-])[C@H]1C[C@H](O)CN1S(=O)(=O)c1ccc(Br)cc1. The fraction of sp³-hybridized carbons (Fsp3) is 0.364. The van der Waals surface area contributed by atoms with Gasteiger partial charge in [-0.25, -0.2) is 8.42 Å². The smallest absolute Gasteiger partial charge is 0.243 e. The third kappa shape index (κ3) is 2.81. The number of carbonyl (C=O) groups is 1. The van der Waals surface area contributed by atoms with Gasteiger partial charge < -0.3 is 15.0 Å². The van der Waals surface area contributed by atoms with Gasteiger partial charge in [0.2, 0.25) is 10.0 Å². The summed E-state index contributed by atoms with van der Waals surface area (Å²) in [4.78, 5) is 10.9. The molecule has 1 N–H and O–H groups in total. The summed E-state index contributed by atoms with van der Waals surface area (Å²) < 4.78 is 26.1. The van der Waals surface area contributed by atoms with Gasteiger partial charge in [-0.3, -0.25) is 0 Å². The number of aliphatic hydroxyl groups is 1. The maximum absolute atomic E-state index is 12.3. The molecule has 1 fully saturated rings. The number of halogens is 1. The van der Waals surface area contributed by atoms with Crippen molar-refractivity contribution in [2.45, 2.75) is 23.5 Å². The number of aliphatic hydroxyl groups excluding tert-OH is 1. The van der Waals surface area contributed by atoms with Crippen LogP contribution in [0.5, 0.6) is 0 Å². The van der Waals surface area contributed by atoms with Gasteiger partial charge in [0.1, 0.15) is 0 Å². The van der Waals surface area contributed by atoms with E-state index in [1.807, 2.05) is 0 Å². The first-order chi connectivity index (χ1) is 8.82. The average Bonchev–Trinajstić information content (AvgIpc) is 2.73. The van der Waals surface area contributed by atoms with Crippen LogP contribution in [0.2, 0.25) is 0 Å². The molecule has 0 aromatic heterocycles. The maximum Gasteiger partial charge on any atom is 0.243 e. The maximum atomic E-state index is 12.3. The summed E-state index contributed by atoms with van der Waals surface area (Å²) in [5.74, 6) is -1.50. The molecule has 0 unspecified atom stereocenters. The Balaban J connectivity index is 2.38. The number of sulfonamides is 1. The number of hydrogen-bond acceptors (Lipinski definition) is 5. The molecule has 6 nitrogen and oxygen atoms in total. The summed E-state index contributed by atoms with van der Waals surface area (Å²) in [6.45, 7) is -0.239. The molecule has 1 aromatic rings. The Bertz CT molecular complexity index is 586. The number of nitrogens with zero attached hydrogens (tertiary/aromatic N) is 1. The number of carboxylic acids is 1. The van der Waals surface area contributed by atoms with Crippen LogP contribution in [0, 0.1) is 0 Å². The molecular weight excluding hydrogens is 338 g/mol. The number of carboxylic acid groups (broad SMARTS) is 1. The number of β-amino-alcohol motifs (C(OH)–C–C–N with tert-alkyl or cyclic N) is 1. The molecule has 1 heterocycles. The molecule has 1 aliphatic heterocycles. The Kier molecular flexibility index (Phi) is 3.95. The van der Waals surface area contributed by atoms with Crippen molar-refractivity contribution in [1.82, 2.24) is 4.31 Å². The van der Waals surface area contributed by atoms with Crippen molar-refractivity contribution >= 4 is 31.9 Å². The zero-order valence-electron chi connectivity index (χ0n) is 9.69. The molecule has 0 saturated carbocycles. The van der Waals surface area contributed by atoms with Crippen LogP contribution in [0.3, 0.4) is 0 Å². The highest BCUT2D eigenvalue weighted by molar-refractivity contribution is 9.10. The second-order valence-electron chi connectivity index (χ2n) is 4.25. The normalized spacial score (nSPS) is 24.5. The molecule has 0 bridgehead atoms. The summed E-state index contributed by atoms with van der Waals surface area (Å²) in [6.07, 6.45) is -1.15. The van der Waals surface area contributed by atoms with Crippen LogP contribution in [0.4, 0.5) is 0 Å². The predicted octanol–water partition coefficient (Wildman–Crippen LogP) is -0.677. The van der Waals surface area contributed by atoms with E-state index >= 15 is 0 Å². The van der Waals surface area contributed by atoms with Crippen LogP contribution >= 0.6 is 15.9 Å². The lowest BCUT2D eigenvalue weighted by Gasteiger charge is -2.24. The number of benzene rings is 1. The molecular formula is C11H11BrNO5S-. The van der Waals surface area contributed by atoms with Crippen molar-refractivity contribution in [3.05, 3.63) is 28.7 Å². The lowest BCUT2D eigenvalue weighted by molar-refractivity contribution is -0.309. The molecule has 2 rings (SSSR count). The van der Waals surface area contributed by atoms with Gasteiger partial charge in [-0.1, -0.05) is 15.9 Å². The highest BCUT2D eigenvalue weighted by Crippen LogP contribution is 2.26. The highest BCUT2D eigenvalue weighted by Gasteiger charge is 2.40. The second kappa shape index (κ2) is 5.20. The van der Waals surface area contributed by atoms with Gasteiger partial charge in [0.15, 0.2) is 0 Å². The minimum Gasteiger partial charge on any atom is -0.548 e. The number of hydrogen-bond donors (Lipinski definition) is 1. The molecule has 1 saturated heterocycles. The van der Waals surface area contributed by atoms with Crippen molar-refractivity contribution in [1.29, 1.82) is 0 Å². The number of rotatable bonds is 3. The first-order valence-corrected chi connectivity index (χ1v) is 7.72. The van der Waals surface area contributed by atoms with Crippen molar-refractivity contribution in [2.75, 3.05) is 6.54 Å². The molecule has 0 radical (unpaired) electrons. The van der Waals surface area contributed by atoms with Crippen molar-refractivity contribution in [3.8, 4) is 0 Å². The first-order valence-electron chi connectivity index (χ1n) is 5.48. The summed E-state index contributed by atoms with van der Waals surface area (Å²) in [7, 11) is -3.95. The third-order valence-corrected chi connectivity index (χ3v) is 5.34. The average molecular weight is 349 g/mol. The zero-order chi connectivity index (χ0) is 14.2. The standard InChI is InChI=1S/C11H12BrNO5S/c12-7-1-3-9(4-2-7)19(17,18)13-6-8(14)5-10(13)11(15)16/h1-4,8,10,14H,5-6H2,(H,15,16)/p-1/t8-,10+/m0/s1. The molecule has 0 amide bonds. The summed E-state index contributed by atoms with van der Waals surface area (Å²) in [5.41, 5.74) is 0. The van der Waals surface area contributed by atoms with Crippen molar-refractivity contribution < 1.29 is 23.4 Å². The minimum atomic E-state index is -3.95. The third-order valence-electron chi connectivity index (χ3n) is 2.93. The van der Waals surface area contributed by atoms with E-state index in [-0.39, 0.29) is 17.9 Å². The first kappa shape index (κ1) is 14.4.